The lowest BCUT2D eigenvalue weighted by molar-refractivity contribution is -0.119. The third-order valence-corrected chi connectivity index (χ3v) is 6.81. The van der Waals surface area contributed by atoms with Gasteiger partial charge in [-0.15, -0.1) is 11.3 Å². The van der Waals surface area contributed by atoms with Gasteiger partial charge in [-0.05, 0) is 44.4 Å². The Bertz CT molecular complexity index is 1230. The molecule has 1 amide bonds. The zero-order valence-corrected chi connectivity index (χ0v) is 19.6. The van der Waals surface area contributed by atoms with Crippen molar-refractivity contribution in [2.45, 2.75) is 26.7 Å². The summed E-state index contributed by atoms with van der Waals surface area (Å²) in [4.78, 5) is 45.3. The molecule has 1 N–H and O–H groups in total. The van der Waals surface area contributed by atoms with Crippen molar-refractivity contribution in [3.8, 4) is 0 Å². The fourth-order valence-electron chi connectivity index (χ4n) is 3.86. The first-order valence-electron chi connectivity index (χ1n) is 10.7. The molecule has 0 saturated carbocycles. The molecule has 0 aliphatic carbocycles. The van der Waals surface area contributed by atoms with Gasteiger partial charge in [-0.3, -0.25) is 4.79 Å². The maximum atomic E-state index is 13.0. The van der Waals surface area contributed by atoms with E-state index in [2.05, 4.69) is 10.2 Å². The molecule has 1 fully saturated rings. The second-order valence-corrected chi connectivity index (χ2v) is 9.07. The minimum atomic E-state index is -0.614. The molecule has 4 rings (SSSR count). The molecule has 2 aromatic heterocycles. The monoisotopic (exact) mass is 467 g/mol. The number of fused-ring (bicyclic) bond motifs is 1. The largest absolute Gasteiger partial charge is 0.465 e. The Morgan fingerprint density at radius 2 is 1.85 bits per heavy atom. The molecular weight excluding hydrogens is 442 g/mol. The molecule has 3 aromatic rings. The molecule has 9 heteroatoms. The van der Waals surface area contributed by atoms with Crippen molar-refractivity contribution in [3.63, 3.8) is 0 Å². The summed E-state index contributed by atoms with van der Waals surface area (Å²) in [6.45, 7) is 4.80. The Hall–Kier alpha value is -3.46. The average Bonchev–Trinajstić information content (AvgIpc) is 3.44. The summed E-state index contributed by atoms with van der Waals surface area (Å²) in [6, 6.07) is 9.34. The standard InChI is InChI=1S/C24H25N3O5S/c1-14-15(2)33-22(20(14)24(30)31-3)26-19(28)13-32-23(29)17-12-16-8-4-5-9-18(16)25-21(17)27-10-6-7-11-27/h4-5,8-9,12H,6-7,10-11,13H2,1-3H3,(H,26,28). The van der Waals surface area contributed by atoms with E-state index in [1.165, 1.54) is 18.4 Å². The number of nitrogens with one attached hydrogen (secondary N) is 1. The third-order valence-electron chi connectivity index (χ3n) is 5.69. The van der Waals surface area contributed by atoms with Gasteiger partial charge in [0.15, 0.2) is 6.61 Å². The van der Waals surface area contributed by atoms with Gasteiger partial charge < -0.3 is 19.7 Å². The lowest BCUT2D eigenvalue weighted by Crippen LogP contribution is -2.25. The van der Waals surface area contributed by atoms with Crippen molar-refractivity contribution in [1.29, 1.82) is 0 Å². The Morgan fingerprint density at radius 3 is 2.58 bits per heavy atom. The van der Waals surface area contributed by atoms with Crippen LogP contribution in [0.1, 0.15) is 44.0 Å². The van der Waals surface area contributed by atoms with E-state index in [0.29, 0.717) is 21.9 Å². The number of carbonyl (C=O) groups is 3. The first kappa shape index (κ1) is 22.7. The summed E-state index contributed by atoms with van der Waals surface area (Å²) >= 11 is 1.27. The maximum absolute atomic E-state index is 13.0. The van der Waals surface area contributed by atoms with Crippen LogP contribution >= 0.6 is 11.3 Å². The van der Waals surface area contributed by atoms with Crippen LogP contribution in [-0.4, -0.2) is 49.6 Å². The number of pyridine rings is 1. The number of rotatable bonds is 6. The van der Waals surface area contributed by atoms with Crippen LogP contribution in [0.2, 0.25) is 0 Å². The van der Waals surface area contributed by atoms with Crippen LogP contribution in [-0.2, 0) is 14.3 Å². The van der Waals surface area contributed by atoms with E-state index >= 15 is 0 Å². The van der Waals surface area contributed by atoms with Crippen LogP contribution in [0.5, 0.6) is 0 Å². The van der Waals surface area contributed by atoms with Gasteiger partial charge >= 0.3 is 11.9 Å². The van der Waals surface area contributed by atoms with E-state index in [0.717, 1.165) is 47.3 Å². The quantitative estimate of drug-likeness (QED) is 0.545. The molecule has 1 saturated heterocycles. The number of thiophene rings is 1. The minimum Gasteiger partial charge on any atom is -0.465 e. The molecule has 8 nitrogen and oxygen atoms in total. The molecule has 3 heterocycles. The van der Waals surface area contributed by atoms with Gasteiger partial charge in [0.05, 0.1) is 18.2 Å². The van der Waals surface area contributed by atoms with Crippen molar-refractivity contribution >= 4 is 50.9 Å². The number of nitrogens with zero attached hydrogens (tertiary/aromatic N) is 2. The molecule has 1 aromatic carbocycles. The van der Waals surface area contributed by atoms with Crippen molar-refractivity contribution < 1.29 is 23.9 Å². The molecule has 172 valence electrons. The number of esters is 2. The Kier molecular flexibility index (Phi) is 6.60. The van der Waals surface area contributed by atoms with E-state index in [-0.39, 0.29) is 0 Å². The van der Waals surface area contributed by atoms with Gasteiger partial charge in [0.25, 0.3) is 5.91 Å². The van der Waals surface area contributed by atoms with E-state index in [4.69, 9.17) is 14.5 Å². The lowest BCUT2D eigenvalue weighted by atomic mass is 10.1. The SMILES string of the molecule is COC(=O)c1c(NC(=O)COC(=O)c2cc3ccccc3nc2N2CCCC2)sc(C)c1C. The van der Waals surface area contributed by atoms with Crippen LogP contribution in [0.25, 0.3) is 10.9 Å². The van der Waals surface area contributed by atoms with Crippen LogP contribution < -0.4 is 10.2 Å². The van der Waals surface area contributed by atoms with E-state index in [1.807, 2.05) is 31.2 Å². The summed E-state index contributed by atoms with van der Waals surface area (Å²) in [7, 11) is 1.29. The number of aromatic nitrogens is 1. The molecule has 33 heavy (non-hydrogen) atoms. The Morgan fingerprint density at radius 1 is 1.12 bits per heavy atom. The molecule has 0 radical (unpaired) electrons. The summed E-state index contributed by atoms with van der Waals surface area (Å²) in [5, 5.41) is 3.87. The Balaban J connectivity index is 1.51. The maximum Gasteiger partial charge on any atom is 0.342 e. The number of anilines is 2. The van der Waals surface area contributed by atoms with E-state index in [9.17, 15) is 14.4 Å². The van der Waals surface area contributed by atoms with Crippen molar-refractivity contribution in [3.05, 3.63) is 51.9 Å². The second-order valence-electron chi connectivity index (χ2n) is 7.85. The van der Waals surface area contributed by atoms with Crippen molar-refractivity contribution in [1.82, 2.24) is 4.98 Å². The van der Waals surface area contributed by atoms with Crippen molar-refractivity contribution in [2.24, 2.45) is 0 Å². The van der Waals surface area contributed by atoms with Gasteiger partial charge in [0.2, 0.25) is 0 Å². The average molecular weight is 468 g/mol. The summed E-state index contributed by atoms with van der Waals surface area (Å²) in [5.74, 6) is -1.10. The predicted molar refractivity (Wildman–Crippen MR) is 127 cm³/mol. The molecule has 0 atom stereocenters. The number of ether oxygens (including phenoxy) is 2. The summed E-state index contributed by atoms with van der Waals surface area (Å²) in [5.41, 5.74) is 2.19. The highest BCUT2D eigenvalue weighted by atomic mass is 32.1. The molecular formula is C24H25N3O5S. The smallest absolute Gasteiger partial charge is 0.342 e. The Labute approximate surface area is 195 Å². The molecule has 0 bridgehead atoms. The molecule has 0 spiro atoms. The number of benzene rings is 1. The van der Waals surface area contributed by atoms with Gasteiger partial charge in [-0.2, -0.15) is 0 Å². The van der Waals surface area contributed by atoms with E-state index in [1.54, 1.807) is 13.0 Å². The predicted octanol–water partition coefficient (Wildman–Crippen LogP) is 4.10. The number of hydrogen-bond donors (Lipinski definition) is 1. The highest BCUT2D eigenvalue weighted by Gasteiger charge is 2.25. The molecule has 0 unspecified atom stereocenters. The van der Waals surface area contributed by atoms with Crippen LogP contribution in [0.15, 0.2) is 30.3 Å². The van der Waals surface area contributed by atoms with Crippen LogP contribution in [0.4, 0.5) is 10.8 Å². The third kappa shape index (κ3) is 4.68. The topological polar surface area (TPSA) is 97.8 Å². The first-order valence-corrected chi connectivity index (χ1v) is 11.5. The molecule has 1 aliphatic heterocycles. The van der Waals surface area contributed by atoms with Crippen LogP contribution in [0.3, 0.4) is 0 Å². The number of para-hydroxylation sites is 1. The molecule has 1 aliphatic rings. The summed E-state index contributed by atoms with van der Waals surface area (Å²) < 4.78 is 10.2. The normalized spacial score (nSPS) is 13.2. The minimum absolute atomic E-state index is 0.315. The highest BCUT2D eigenvalue weighted by Crippen LogP contribution is 2.33. The second kappa shape index (κ2) is 9.58. The number of aryl methyl sites for hydroxylation is 1. The van der Waals surface area contributed by atoms with Gasteiger partial charge in [0.1, 0.15) is 16.4 Å². The summed E-state index contributed by atoms with van der Waals surface area (Å²) in [6.07, 6.45) is 2.07. The van der Waals surface area contributed by atoms with Gasteiger partial charge in [-0.1, -0.05) is 18.2 Å². The first-order chi connectivity index (χ1) is 15.9. The van der Waals surface area contributed by atoms with E-state index < -0.39 is 24.5 Å². The fraction of sp³-hybridized carbons (Fsp3) is 0.333. The lowest BCUT2D eigenvalue weighted by Gasteiger charge is -2.20. The van der Waals surface area contributed by atoms with Crippen LogP contribution in [0, 0.1) is 13.8 Å². The van der Waals surface area contributed by atoms with Gasteiger partial charge in [-0.25, -0.2) is 14.6 Å². The fourth-order valence-corrected chi connectivity index (χ4v) is 4.93. The van der Waals surface area contributed by atoms with Crippen molar-refractivity contribution in [2.75, 3.05) is 37.0 Å². The number of methoxy groups -OCH3 is 1. The zero-order chi connectivity index (χ0) is 23.5. The number of hydrogen-bond acceptors (Lipinski definition) is 8. The zero-order valence-electron chi connectivity index (χ0n) is 18.8. The van der Waals surface area contributed by atoms with Gasteiger partial charge in [0, 0.05) is 23.4 Å². The number of carbonyl (C=O) groups excluding carboxylic acids is 3. The number of amides is 1. The highest BCUT2D eigenvalue weighted by molar-refractivity contribution is 7.16.